The van der Waals surface area contributed by atoms with Crippen molar-refractivity contribution >= 4 is 48.1 Å². The van der Waals surface area contributed by atoms with Crippen LogP contribution in [0.15, 0.2) is 29.2 Å². The highest BCUT2D eigenvalue weighted by molar-refractivity contribution is 7.80. The van der Waals surface area contributed by atoms with Crippen LogP contribution < -0.4 is 0 Å². The number of aldehydes is 1. The van der Waals surface area contributed by atoms with Crippen molar-refractivity contribution in [3.05, 3.63) is 51.3 Å². The molecule has 3 nitrogen and oxygen atoms in total. The van der Waals surface area contributed by atoms with Gasteiger partial charge >= 0.3 is 5.97 Å². The number of carbonyl (C=O) groups is 2. The summed E-state index contributed by atoms with van der Waals surface area (Å²) in [5, 5.41) is 9.53. The minimum absolute atomic E-state index is 0.0553. The molecular weight excluding hydrogens is 338 g/mol. The van der Waals surface area contributed by atoms with Crippen LogP contribution in [-0.4, -0.2) is 17.4 Å². The molecule has 2 rings (SSSR count). The van der Waals surface area contributed by atoms with Gasteiger partial charge in [-0.2, -0.15) is 0 Å². The maximum Gasteiger partial charge on any atom is 0.336 e. The molecule has 0 saturated carbocycles. The molecule has 21 heavy (non-hydrogen) atoms. The second kappa shape index (κ2) is 6.05. The van der Waals surface area contributed by atoms with E-state index in [4.69, 9.17) is 23.2 Å². The van der Waals surface area contributed by atoms with E-state index in [1.807, 2.05) is 0 Å². The van der Waals surface area contributed by atoms with Gasteiger partial charge in [-0.15, -0.1) is 12.6 Å². The van der Waals surface area contributed by atoms with Gasteiger partial charge in [-0.1, -0.05) is 23.2 Å². The van der Waals surface area contributed by atoms with E-state index in [-0.39, 0.29) is 37.2 Å². The first-order valence-electron chi connectivity index (χ1n) is 5.55. The summed E-state index contributed by atoms with van der Waals surface area (Å²) in [5.74, 6) is -2.11. The normalized spacial score (nSPS) is 10.5. The van der Waals surface area contributed by atoms with E-state index < -0.39 is 11.8 Å². The van der Waals surface area contributed by atoms with Crippen LogP contribution in [0.4, 0.5) is 4.39 Å². The zero-order valence-corrected chi connectivity index (χ0v) is 12.6. The maximum atomic E-state index is 13.4. The van der Waals surface area contributed by atoms with Crippen molar-refractivity contribution in [2.75, 3.05) is 0 Å². The van der Waals surface area contributed by atoms with Gasteiger partial charge in [0.1, 0.15) is 5.82 Å². The predicted molar refractivity (Wildman–Crippen MR) is 81.5 cm³/mol. The number of rotatable bonds is 3. The van der Waals surface area contributed by atoms with E-state index >= 15 is 0 Å². The molecule has 108 valence electrons. The summed E-state index contributed by atoms with van der Waals surface area (Å²) in [4.78, 5) is 22.6. The van der Waals surface area contributed by atoms with Crippen LogP contribution in [0.2, 0.25) is 10.0 Å². The fourth-order valence-corrected chi connectivity index (χ4v) is 2.93. The Labute approximate surface area is 134 Å². The van der Waals surface area contributed by atoms with Crippen molar-refractivity contribution in [3.63, 3.8) is 0 Å². The van der Waals surface area contributed by atoms with Crippen LogP contribution in [0.1, 0.15) is 20.7 Å². The van der Waals surface area contributed by atoms with Crippen molar-refractivity contribution in [2.45, 2.75) is 4.90 Å². The first-order valence-corrected chi connectivity index (χ1v) is 6.76. The molecular formula is C14H7Cl2FO3S. The van der Waals surface area contributed by atoms with E-state index in [0.717, 1.165) is 12.1 Å². The number of aromatic carboxylic acids is 1. The molecule has 0 radical (unpaired) electrons. The fraction of sp³-hybridized carbons (Fsp3) is 0. The number of halogens is 3. The van der Waals surface area contributed by atoms with E-state index in [9.17, 15) is 19.1 Å². The third-order valence-electron chi connectivity index (χ3n) is 2.78. The molecule has 0 atom stereocenters. The highest BCUT2D eigenvalue weighted by Gasteiger charge is 2.21. The molecule has 0 spiro atoms. The summed E-state index contributed by atoms with van der Waals surface area (Å²) in [6, 6.07) is 4.60. The molecule has 0 unspecified atom stereocenters. The Hall–Kier alpha value is -1.56. The summed E-state index contributed by atoms with van der Waals surface area (Å²) in [5.41, 5.74) is -0.0290. The molecule has 0 aliphatic carbocycles. The largest absolute Gasteiger partial charge is 0.478 e. The van der Waals surface area contributed by atoms with Crippen LogP contribution in [0, 0.1) is 5.82 Å². The van der Waals surface area contributed by atoms with Crippen LogP contribution in [0.5, 0.6) is 0 Å². The number of carboxylic acids is 1. The van der Waals surface area contributed by atoms with Gasteiger partial charge < -0.3 is 5.11 Å². The number of thiol groups is 1. The number of hydrogen-bond donors (Lipinski definition) is 2. The molecule has 1 N–H and O–H groups in total. The zero-order valence-electron chi connectivity index (χ0n) is 10.2. The second-order valence-corrected chi connectivity index (χ2v) is 5.45. The molecule has 0 heterocycles. The fourth-order valence-electron chi connectivity index (χ4n) is 1.97. The average Bonchev–Trinajstić information content (AvgIpc) is 2.38. The lowest BCUT2D eigenvalue weighted by atomic mass is 9.95. The Balaban J connectivity index is 2.91. The van der Waals surface area contributed by atoms with Crippen molar-refractivity contribution < 1.29 is 19.1 Å². The summed E-state index contributed by atoms with van der Waals surface area (Å²) < 4.78 is 13.4. The Kier molecular flexibility index (Phi) is 4.56. The lowest BCUT2D eigenvalue weighted by molar-refractivity contribution is 0.0696. The maximum absolute atomic E-state index is 13.4. The first-order chi connectivity index (χ1) is 9.85. The van der Waals surface area contributed by atoms with Crippen LogP contribution in [0.3, 0.4) is 0 Å². The Morgan fingerprint density at radius 3 is 2.43 bits per heavy atom. The summed E-state index contributed by atoms with van der Waals surface area (Å²) in [6.45, 7) is 0. The monoisotopic (exact) mass is 344 g/mol. The molecule has 2 aromatic carbocycles. The molecule has 0 aliphatic rings. The third-order valence-corrected chi connectivity index (χ3v) is 3.64. The topological polar surface area (TPSA) is 54.4 Å². The zero-order chi connectivity index (χ0) is 15.7. The summed E-state index contributed by atoms with van der Waals surface area (Å²) in [7, 11) is 0. The van der Waals surface area contributed by atoms with Crippen molar-refractivity contribution in [3.8, 4) is 11.1 Å². The SMILES string of the molecule is O=Cc1cc(Cl)cc(Cl)c1-c1c(S)cc(F)cc1C(=O)O. The van der Waals surface area contributed by atoms with E-state index in [0.29, 0.717) is 6.29 Å². The van der Waals surface area contributed by atoms with Gasteiger partial charge in [0, 0.05) is 26.6 Å². The lowest BCUT2D eigenvalue weighted by Gasteiger charge is -2.14. The summed E-state index contributed by atoms with van der Waals surface area (Å²) >= 11 is 16.0. The Bertz CT molecular complexity index is 762. The molecule has 0 aliphatic heterocycles. The van der Waals surface area contributed by atoms with Crippen LogP contribution in [0.25, 0.3) is 11.1 Å². The minimum Gasteiger partial charge on any atom is -0.478 e. The van der Waals surface area contributed by atoms with Gasteiger partial charge in [0.25, 0.3) is 0 Å². The summed E-state index contributed by atoms with van der Waals surface area (Å²) in [6.07, 6.45) is 0.495. The molecule has 7 heteroatoms. The highest BCUT2D eigenvalue weighted by atomic mass is 35.5. The van der Waals surface area contributed by atoms with Gasteiger partial charge in [0.2, 0.25) is 0 Å². The van der Waals surface area contributed by atoms with E-state index in [2.05, 4.69) is 12.6 Å². The second-order valence-electron chi connectivity index (χ2n) is 4.12. The molecule has 0 fully saturated rings. The highest BCUT2D eigenvalue weighted by Crippen LogP contribution is 2.39. The van der Waals surface area contributed by atoms with Crippen molar-refractivity contribution in [2.24, 2.45) is 0 Å². The molecule has 0 amide bonds. The van der Waals surface area contributed by atoms with E-state index in [1.54, 1.807) is 0 Å². The standard InChI is InChI=1S/C14H7Cl2FO3S/c15-7-1-6(5-18)12(10(16)2-7)13-9(14(19)20)3-8(17)4-11(13)21/h1-5,21H,(H,19,20). The number of carbonyl (C=O) groups excluding carboxylic acids is 1. The molecule has 0 bridgehead atoms. The van der Waals surface area contributed by atoms with E-state index in [1.165, 1.54) is 12.1 Å². The third kappa shape index (κ3) is 3.05. The van der Waals surface area contributed by atoms with Gasteiger partial charge in [0.15, 0.2) is 6.29 Å². The van der Waals surface area contributed by atoms with Gasteiger partial charge in [-0.3, -0.25) is 4.79 Å². The average molecular weight is 345 g/mol. The number of carboxylic acid groups (broad SMARTS) is 1. The smallest absolute Gasteiger partial charge is 0.336 e. The van der Waals surface area contributed by atoms with Crippen LogP contribution >= 0.6 is 35.8 Å². The van der Waals surface area contributed by atoms with Gasteiger partial charge in [-0.25, -0.2) is 9.18 Å². The number of hydrogen-bond acceptors (Lipinski definition) is 3. The lowest BCUT2D eigenvalue weighted by Crippen LogP contribution is -2.03. The van der Waals surface area contributed by atoms with Crippen molar-refractivity contribution in [1.82, 2.24) is 0 Å². The van der Waals surface area contributed by atoms with Gasteiger partial charge in [-0.05, 0) is 24.3 Å². The van der Waals surface area contributed by atoms with Crippen LogP contribution in [-0.2, 0) is 0 Å². The molecule has 2 aromatic rings. The number of benzene rings is 2. The van der Waals surface area contributed by atoms with Crippen molar-refractivity contribution in [1.29, 1.82) is 0 Å². The Morgan fingerprint density at radius 2 is 1.86 bits per heavy atom. The molecule has 0 saturated heterocycles. The predicted octanol–water partition coefficient (Wildman–Crippen LogP) is 4.60. The first kappa shape index (κ1) is 15.8. The quantitative estimate of drug-likeness (QED) is 0.632. The van der Waals surface area contributed by atoms with Gasteiger partial charge in [0.05, 0.1) is 10.6 Å². The minimum atomic E-state index is -1.36. The molecule has 0 aromatic heterocycles. The Morgan fingerprint density at radius 1 is 1.19 bits per heavy atom.